The van der Waals surface area contributed by atoms with E-state index in [1.807, 2.05) is 65.3 Å². The summed E-state index contributed by atoms with van der Waals surface area (Å²) in [5, 5.41) is 11.2. The van der Waals surface area contributed by atoms with Crippen LogP contribution in [-0.2, 0) is 14.3 Å². The number of hydrogen-bond acceptors (Lipinski definition) is 6. The van der Waals surface area contributed by atoms with Gasteiger partial charge in [0.25, 0.3) is 0 Å². The van der Waals surface area contributed by atoms with Crippen molar-refractivity contribution in [3.8, 4) is 22.7 Å². The predicted molar refractivity (Wildman–Crippen MR) is 149 cm³/mol. The topological polar surface area (TPSA) is 86.0 Å². The molecule has 2 heterocycles. The van der Waals surface area contributed by atoms with Crippen LogP contribution in [0.25, 0.3) is 16.9 Å². The summed E-state index contributed by atoms with van der Waals surface area (Å²) in [6.45, 7) is 2.05. The van der Waals surface area contributed by atoms with Crippen molar-refractivity contribution in [2.45, 2.75) is 32.2 Å². The number of aromatic nitrogens is 2. The van der Waals surface area contributed by atoms with Gasteiger partial charge in [-0.1, -0.05) is 48.0 Å². The highest BCUT2D eigenvalue weighted by Gasteiger charge is 2.35. The smallest absolute Gasteiger partial charge is 0.306 e. The summed E-state index contributed by atoms with van der Waals surface area (Å²) in [5.41, 5.74) is 6.38. The van der Waals surface area contributed by atoms with Crippen LogP contribution < -0.4 is 4.74 Å². The standard InChI is InChI=1S/C31H30N4O4/c1-21-9-11-23(12-10-21)28-20-27(33-34(28)24-7-5-4-6-8-24)29-19-26(22-13-15-25(38-2)16-14-22)32-35(29)30(36)17-18-31(37)39-3/h4-16,20,29H,17-19H2,1-3H3. The van der Waals surface area contributed by atoms with Crippen molar-refractivity contribution < 1.29 is 19.1 Å². The second kappa shape index (κ2) is 11.3. The maximum absolute atomic E-state index is 13.4. The third kappa shape index (κ3) is 5.60. The van der Waals surface area contributed by atoms with E-state index in [9.17, 15) is 9.59 Å². The number of hydrazone groups is 1. The molecular formula is C31H30N4O4. The first-order valence-electron chi connectivity index (χ1n) is 12.8. The number of carbonyl (C=O) groups is 2. The van der Waals surface area contributed by atoms with E-state index in [0.29, 0.717) is 12.1 Å². The van der Waals surface area contributed by atoms with E-state index in [2.05, 4.69) is 31.2 Å². The summed E-state index contributed by atoms with van der Waals surface area (Å²) in [6.07, 6.45) is 0.460. The molecule has 1 amide bonds. The Balaban J connectivity index is 1.55. The number of benzene rings is 3. The van der Waals surface area contributed by atoms with Crippen molar-refractivity contribution in [3.63, 3.8) is 0 Å². The van der Waals surface area contributed by atoms with Gasteiger partial charge in [0.2, 0.25) is 5.91 Å². The summed E-state index contributed by atoms with van der Waals surface area (Å²) >= 11 is 0. The molecule has 1 aromatic heterocycles. The van der Waals surface area contributed by atoms with E-state index >= 15 is 0 Å². The fraction of sp³-hybridized carbons (Fsp3) is 0.226. The lowest BCUT2D eigenvalue weighted by atomic mass is 10.0. The van der Waals surface area contributed by atoms with E-state index in [1.54, 1.807) is 7.11 Å². The quantitative estimate of drug-likeness (QED) is 0.286. The monoisotopic (exact) mass is 522 g/mol. The molecule has 8 heteroatoms. The Hall–Kier alpha value is -4.72. The molecule has 0 radical (unpaired) electrons. The normalized spacial score (nSPS) is 14.7. The highest BCUT2D eigenvalue weighted by atomic mass is 16.5. The summed E-state index contributed by atoms with van der Waals surface area (Å²) in [4.78, 5) is 25.1. The Morgan fingerprint density at radius 3 is 2.26 bits per heavy atom. The van der Waals surface area contributed by atoms with Crippen LogP contribution >= 0.6 is 0 Å². The molecule has 3 aromatic carbocycles. The van der Waals surface area contributed by atoms with Gasteiger partial charge in [0, 0.05) is 18.4 Å². The first kappa shape index (κ1) is 25.9. The van der Waals surface area contributed by atoms with Crippen LogP contribution in [0.5, 0.6) is 5.75 Å². The van der Waals surface area contributed by atoms with Gasteiger partial charge in [0.1, 0.15) is 11.8 Å². The van der Waals surface area contributed by atoms with E-state index in [-0.39, 0.29) is 18.7 Å². The molecule has 0 spiro atoms. The van der Waals surface area contributed by atoms with Gasteiger partial charge in [-0.3, -0.25) is 9.59 Å². The van der Waals surface area contributed by atoms with E-state index < -0.39 is 12.0 Å². The Kier molecular flexibility index (Phi) is 7.54. The average Bonchev–Trinajstić information content (AvgIpc) is 3.62. The number of hydrogen-bond donors (Lipinski definition) is 0. The zero-order valence-corrected chi connectivity index (χ0v) is 22.2. The molecule has 0 saturated heterocycles. The average molecular weight is 523 g/mol. The Morgan fingerprint density at radius 2 is 1.59 bits per heavy atom. The molecule has 0 N–H and O–H groups in total. The molecule has 5 rings (SSSR count). The molecule has 1 unspecified atom stereocenters. The minimum Gasteiger partial charge on any atom is -0.497 e. The minimum atomic E-state index is -0.437. The Bertz CT molecular complexity index is 1490. The van der Waals surface area contributed by atoms with Gasteiger partial charge in [-0.15, -0.1) is 0 Å². The van der Waals surface area contributed by atoms with Crippen LogP contribution in [0.2, 0.25) is 0 Å². The maximum Gasteiger partial charge on any atom is 0.306 e. The van der Waals surface area contributed by atoms with Crippen LogP contribution in [-0.4, -0.2) is 46.6 Å². The van der Waals surface area contributed by atoms with Crippen molar-refractivity contribution >= 4 is 17.6 Å². The number of carbonyl (C=O) groups excluding carboxylic acids is 2. The molecule has 39 heavy (non-hydrogen) atoms. The summed E-state index contributed by atoms with van der Waals surface area (Å²) in [6, 6.07) is 27.4. The molecule has 0 fully saturated rings. The largest absolute Gasteiger partial charge is 0.497 e. The Morgan fingerprint density at radius 1 is 0.897 bits per heavy atom. The number of esters is 1. The van der Waals surface area contributed by atoms with Gasteiger partial charge in [-0.2, -0.15) is 10.2 Å². The van der Waals surface area contributed by atoms with E-state index in [1.165, 1.54) is 17.7 Å². The number of para-hydroxylation sites is 1. The number of nitrogens with zero attached hydrogens (tertiary/aromatic N) is 4. The minimum absolute atomic E-state index is 0.00716. The lowest BCUT2D eigenvalue weighted by molar-refractivity contribution is -0.144. The maximum atomic E-state index is 13.4. The van der Waals surface area contributed by atoms with E-state index in [4.69, 9.17) is 19.7 Å². The number of rotatable bonds is 8. The van der Waals surface area contributed by atoms with Crippen LogP contribution in [0.4, 0.5) is 0 Å². The fourth-order valence-electron chi connectivity index (χ4n) is 4.61. The van der Waals surface area contributed by atoms with Crippen LogP contribution in [0, 0.1) is 6.92 Å². The van der Waals surface area contributed by atoms with Crippen LogP contribution in [0.1, 0.15) is 42.1 Å². The molecule has 4 aromatic rings. The van der Waals surface area contributed by atoms with E-state index in [0.717, 1.165) is 34.0 Å². The molecule has 198 valence electrons. The lowest BCUT2D eigenvalue weighted by Gasteiger charge is -2.20. The van der Waals surface area contributed by atoms with Gasteiger partial charge in [-0.05, 0) is 55.0 Å². The molecule has 1 aliphatic heterocycles. The van der Waals surface area contributed by atoms with Crippen molar-refractivity contribution in [1.82, 2.24) is 14.8 Å². The highest BCUT2D eigenvalue weighted by molar-refractivity contribution is 6.03. The third-order valence-corrected chi connectivity index (χ3v) is 6.78. The second-order valence-corrected chi connectivity index (χ2v) is 9.38. The van der Waals surface area contributed by atoms with Gasteiger partial charge in [0.05, 0.1) is 43.4 Å². The predicted octanol–water partition coefficient (Wildman–Crippen LogP) is 5.49. The first-order valence-corrected chi connectivity index (χ1v) is 12.8. The van der Waals surface area contributed by atoms with Gasteiger partial charge in [0.15, 0.2) is 0 Å². The number of aryl methyl sites for hydroxylation is 1. The molecule has 0 bridgehead atoms. The summed E-state index contributed by atoms with van der Waals surface area (Å²) in [7, 11) is 2.93. The second-order valence-electron chi connectivity index (χ2n) is 9.38. The molecule has 1 atom stereocenters. The zero-order chi connectivity index (χ0) is 27.4. The van der Waals surface area contributed by atoms with Crippen molar-refractivity contribution in [3.05, 3.63) is 102 Å². The third-order valence-electron chi connectivity index (χ3n) is 6.78. The van der Waals surface area contributed by atoms with Gasteiger partial charge in [-0.25, -0.2) is 9.69 Å². The molecule has 0 aliphatic carbocycles. The van der Waals surface area contributed by atoms with Gasteiger partial charge < -0.3 is 9.47 Å². The summed E-state index contributed by atoms with van der Waals surface area (Å²) in [5.74, 6) is 0.0396. The zero-order valence-electron chi connectivity index (χ0n) is 22.2. The van der Waals surface area contributed by atoms with Crippen molar-refractivity contribution in [2.75, 3.05) is 14.2 Å². The van der Waals surface area contributed by atoms with Crippen LogP contribution in [0.15, 0.2) is 90.0 Å². The number of amides is 1. The van der Waals surface area contributed by atoms with Gasteiger partial charge >= 0.3 is 5.97 Å². The number of ether oxygens (including phenoxy) is 2. The van der Waals surface area contributed by atoms with Crippen molar-refractivity contribution in [2.24, 2.45) is 5.10 Å². The Labute approximate surface area is 227 Å². The first-order chi connectivity index (χ1) is 19.0. The highest BCUT2D eigenvalue weighted by Crippen LogP contribution is 2.36. The SMILES string of the molecule is COC(=O)CCC(=O)N1N=C(c2ccc(OC)cc2)CC1c1cc(-c2ccc(C)cc2)n(-c2ccccc2)n1. The van der Waals surface area contributed by atoms with Crippen molar-refractivity contribution in [1.29, 1.82) is 0 Å². The fourth-order valence-corrected chi connectivity index (χ4v) is 4.61. The molecule has 1 aliphatic rings. The molecule has 0 saturated carbocycles. The lowest BCUT2D eigenvalue weighted by Crippen LogP contribution is -2.28. The summed E-state index contributed by atoms with van der Waals surface area (Å²) < 4.78 is 11.9. The molecule has 8 nitrogen and oxygen atoms in total. The van der Waals surface area contributed by atoms with Crippen LogP contribution in [0.3, 0.4) is 0 Å². The molecular weight excluding hydrogens is 492 g/mol. The number of methoxy groups -OCH3 is 2.